The molecule has 128 valence electrons. The first-order valence-corrected chi connectivity index (χ1v) is 8.13. The van der Waals surface area contributed by atoms with Crippen LogP contribution in [0.15, 0.2) is 48.0 Å². The standard InChI is InChI=1S/C21H22N2O2/c1-14(2)18-10-7-8-15(3)20(18)23-21(24)17(13-22)12-16-9-5-6-11-19(16)25-4/h5-12,14H,1-4H3,(H,23,24)/b17-12+. The number of benzene rings is 2. The Hall–Kier alpha value is -3.06. The Bertz CT molecular complexity index is 845. The number of carbonyl (C=O) groups excluding carboxylic acids is 1. The topological polar surface area (TPSA) is 62.1 Å². The molecule has 2 aromatic rings. The van der Waals surface area contributed by atoms with Gasteiger partial charge in [0, 0.05) is 11.3 Å². The molecule has 25 heavy (non-hydrogen) atoms. The van der Waals surface area contributed by atoms with Gasteiger partial charge in [0.05, 0.1) is 7.11 Å². The highest BCUT2D eigenvalue weighted by Gasteiger charge is 2.15. The van der Waals surface area contributed by atoms with Gasteiger partial charge in [-0.1, -0.05) is 50.2 Å². The number of hydrogen-bond donors (Lipinski definition) is 1. The summed E-state index contributed by atoms with van der Waals surface area (Å²) in [7, 11) is 1.56. The molecule has 0 saturated carbocycles. The summed E-state index contributed by atoms with van der Waals surface area (Å²) in [6, 6.07) is 15.1. The molecular formula is C21H22N2O2. The van der Waals surface area contributed by atoms with Crippen LogP contribution in [0.1, 0.15) is 36.5 Å². The lowest BCUT2D eigenvalue weighted by molar-refractivity contribution is -0.112. The number of hydrogen-bond acceptors (Lipinski definition) is 3. The summed E-state index contributed by atoms with van der Waals surface area (Å²) in [6.07, 6.45) is 1.54. The van der Waals surface area contributed by atoms with E-state index < -0.39 is 5.91 Å². The fourth-order valence-electron chi connectivity index (χ4n) is 2.61. The van der Waals surface area contributed by atoms with Gasteiger partial charge in [-0.3, -0.25) is 4.79 Å². The molecule has 2 rings (SSSR count). The maximum atomic E-state index is 12.6. The van der Waals surface area contributed by atoms with Crippen LogP contribution < -0.4 is 10.1 Å². The number of nitrogens with zero attached hydrogens (tertiary/aromatic N) is 1. The van der Waals surface area contributed by atoms with Crippen LogP contribution in [-0.4, -0.2) is 13.0 Å². The van der Waals surface area contributed by atoms with E-state index in [1.165, 1.54) is 0 Å². The Labute approximate surface area is 148 Å². The van der Waals surface area contributed by atoms with Gasteiger partial charge in [0.1, 0.15) is 17.4 Å². The van der Waals surface area contributed by atoms with Gasteiger partial charge < -0.3 is 10.1 Å². The van der Waals surface area contributed by atoms with E-state index in [1.54, 1.807) is 25.3 Å². The number of methoxy groups -OCH3 is 1. The lowest BCUT2D eigenvalue weighted by Crippen LogP contribution is -2.16. The number of anilines is 1. The van der Waals surface area contributed by atoms with E-state index in [0.717, 1.165) is 16.8 Å². The maximum Gasteiger partial charge on any atom is 0.266 e. The number of nitriles is 1. The number of para-hydroxylation sites is 2. The van der Waals surface area contributed by atoms with E-state index in [0.29, 0.717) is 11.3 Å². The lowest BCUT2D eigenvalue weighted by Gasteiger charge is -2.16. The molecule has 0 aliphatic carbocycles. The number of aryl methyl sites for hydroxylation is 1. The van der Waals surface area contributed by atoms with Gasteiger partial charge in [0.25, 0.3) is 5.91 Å². The molecule has 1 N–H and O–H groups in total. The van der Waals surface area contributed by atoms with Gasteiger partial charge in [0.2, 0.25) is 0 Å². The first kappa shape index (κ1) is 18.3. The molecule has 0 saturated heterocycles. The van der Waals surface area contributed by atoms with Gasteiger partial charge in [-0.25, -0.2) is 0 Å². The summed E-state index contributed by atoms with van der Waals surface area (Å²) in [4.78, 5) is 12.6. The van der Waals surface area contributed by atoms with Crippen molar-refractivity contribution in [2.45, 2.75) is 26.7 Å². The highest BCUT2D eigenvalue weighted by atomic mass is 16.5. The number of nitrogens with one attached hydrogen (secondary N) is 1. The summed E-state index contributed by atoms with van der Waals surface area (Å²) in [5.41, 5.74) is 3.49. The average Bonchev–Trinajstić information content (AvgIpc) is 2.61. The molecule has 0 atom stereocenters. The molecule has 1 amide bonds. The van der Waals surface area contributed by atoms with Crippen LogP contribution in [0, 0.1) is 18.3 Å². The van der Waals surface area contributed by atoms with Crippen LogP contribution in [0.25, 0.3) is 6.08 Å². The largest absolute Gasteiger partial charge is 0.496 e. The molecule has 0 fully saturated rings. The van der Waals surface area contributed by atoms with Crippen molar-refractivity contribution < 1.29 is 9.53 Å². The minimum Gasteiger partial charge on any atom is -0.496 e. The Morgan fingerprint density at radius 1 is 1.20 bits per heavy atom. The summed E-state index contributed by atoms with van der Waals surface area (Å²) < 4.78 is 5.27. The zero-order valence-electron chi connectivity index (χ0n) is 15.0. The van der Waals surface area contributed by atoms with Crippen molar-refractivity contribution in [3.05, 3.63) is 64.7 Å². The molecular weight excluding hydrogens is 312 g/mol. The second-order valence-electron chi connectivity index (χ2n) is 6.06. The molecule has 2 aromatic carbocycles. The maximum absolute atomic E-state index is 12.6. The van der Waals surface area contributed by atoms with Crippen molar-refractivity contribution in [3.63, 3.8) is 0 Å². The first-order valence-electron chi connectivity index (χ1n) is 8.13. The fourth-order valence-corrected chi connectivity index (χ4v) is 2.61. The van der Waals surface area contributed by atoms with Crippen LogP contribution in [0.3, 0.4) is 0 Å². The van der Waals surface area contributed by atoms with Gasteiger partial charge in [-0.2, -0.15) is 5.26 Å². The monoisotopic (exact) mass is 334 g/mol. The van der Waals surface area contributed by atoms with E-state index in [-0.39, 0.29) is 11.5 Å². The third-order valence-electron chi connectivity index (χ3n) is 3.97. The van der Waals surface area contributed by atoms with Crippen LogP contribution in [0.5, 0.6) is 5.75 Å². The van der Waals surface area contributed by atoms with Crippen molar-refractivity contribution >= 4 is 17.7 Å². The Balaban J connectivity index is 2.37. The number of amides is 1. The Kier molecular flexibility index (Phi) is 5.97. The van der Waals surface area contributed by atoms with E-state index >= 15 is 0 Å². The molecule has 0 aliphatic heterocycles. The highest BCUT2D eigenvalue weighted by molar-refractivity contribution is 6.10. The fraction of sp³-hybridized carbons (Fsp3) is 0.238. The number of ether oxygens (including phenoxy) is 1. The Morgan fingerprint density at radius 2 is 1.92 bits per heavy atom. The summed E-state index contributed by atoms with van der Waals surface area (Å²) in [5, 5.41) is 12.3. The van der Waals surface area contributed by atoms with Crippen molar-refractivity contribution in [2.24, 2.45) is 0 Å². The van der Waals surface area contributed by atoms with Crippen LogP contribution in [-0.2, 0) is 4.79 Å². The van der Waals surface area contributed by atoms with Crippen molar-refractivity contribution in [1.82, 2.24) is 0 Å². The van der Waals surface area contributed by atoms with Gasteiger partial charge in [0.15, 0.2) is 0 Å². The molecule has 4 nitrogen and oxygen atoms in total. The summed E-state index contributed by atoms with van der Waals surface area (Å²) in [6.45, 7) is 6.08. The van der Waals surface area contributed by atoms with E-state index in [4.69, 9.17) is 4.74 Å². The van der Waals surface area contributed by atoms with E-state index in [1.807, 2.05) is 43.3 Å². The average molecular weight is 334 g/mol. The zero-order chi connectivity index (χ0) is 18.4. The molecule has 0 bridgehead atoms. The summed E-state index contributed by atoms with van der Waals surface area (Å²) >= 11 is 0. The van der Waals surface area contributed by atoms with Crippen LogP contribution in [0.4, 0.5) is 5.69 Å². The predicted octanol–water partition coefficient (Wildman–Crippen LogP) is 4.67. The zero-order valence-corrected chi connectivity index (χ0v) is 15.0. The van der Waals surface area contributed by atoms with Crippen LogP contribution in [0.2, 0.25) is 0 Å². The third-order valence-corrected chi connectivity index (χ3v) is 3.97. The van der Waals surface area contributed by atoms with Crippen molar-refractivity contribution in [3.8, 4) is 11.8 Å². The first-order chi connectivity index (χ1) is 12.0. The van der Waals surface area contributed by atoms with Crippen LogP contribution >= 0.6 is 0 Å². The molecule has 0 radical (unpaired) electrons. The molecule has 0 unspecified atom stereocenters. The minimum absolute atomic E-state index is 0.0301. The van der Waals surface area contributed by atoms with Gasteiger partial charge in [-0.15, -0.1) is 0 Å². The van der Waals surface area contributed by atoms with Crippen molar-refractivity contribution in [1.29, 1.82) is 5.26 Å². The molecule has 0 spiro atoms. The van der Waals surface area contributed by atoms with E-state index in [9.17, 15) is 10.1 Å². The smallest absolute Gasteiger partial charge is 0.266 e. The molecule has 4 heteroatoms. The minimum atomic E-state index is -0.426. The Morgan fingerprint density at radius 3 is 2.56 bits per heavy atom. The predicted molar refractivity (Wildman–Crippen MR) is 100 cm³/mol. The summed E-state index contributed by atoms with van der Waals surface area (Å²) in [5.74, 6) is 0.449. The highest BCUT2D eigenvalue weighted by Crippen LogP contribution is 2.28. The third kappa shape index (κ3) is 4.27. The molecule has 0 heterocycles. The van der Waals surface area contributed by atoms with Crippen molar-refractivity contribution in [2.75, 3.05) is 12.4 Å². The van der Waals surface area contributed by atoms with Gasteiger partial charge in [-0.05, 0) is 36.1 Å². The SMILES string of the molecule is COc1ccccc1/C=C(\C#N)C(=O)Nc1c(C)cccc1C(C)C. The van der Waals surface area contributed by atoms with E-state index in [2.05, 4.69) is 19.2 Å². The second kappa shape index (κ2) is 8.16. The molecule has 0 aromatic heterocycles. The normalized spacial score (nSPS) is 11.1. The lowest BCUT2D eigenvalue weighted by atomic mass is 9.98. The number of carbonyl (C=O) groups is 1. The van der Waals surface area contributed by atoms with Gasteiger partial charge >= 0.3 is 0 Å². The quantitative estimate of drug-likeness (QED) is 0.638. The molecule has 0 aliphatic rings. The second-order valence-corrected chi connectivity index (χ2v) is 6.06. The number of rotatable bonds is 5.